The van der Waals surface area contributed by atoms with Crippen LogP contribution in [0, 0.1) is 0 Å². The summed E-state index contributed by atoms with van der Waals surface area (Å²) in [5.41, 5.74) is 1.73. The number of carbonyl (C=O) groups is 2. The van der Waals surface area contributed by atoms with E-state index in [1.165, 1.54) is 0 Å². The second-order valence-corrected chi connectivity index (χ2v) is 5.58. The molecule has 0 radical (unpaired) electrons. The molecule has 6 heteroatoms. The smallest absolute Gasteiger partial charge is 0.312 e. The molecule has 1 aromatic rings. The molecule has 0 spiro atoms. The number of carbonyl (C=O) groups excluding carboxylic acids is 2. The molecular weight excluding hydrogens is 313 g/mol. The quantitative estimate of drug-likeness (QED) is 0.476. The second-order valence-electron chi connectivity index (χ2n) is 4.64. The molecule has 2 rings (SSSR count). The molecule has 21 heavy (non-hydrogen) atoms. The Bertz CT molecular complexity index is 638. The van der Waals surface area contributed by atoms with Crippen LogP contribution >= 0.6 is 23.2 Å². The van der Waals surface area contributed by atoms with Crippen molar-refractivity contribution in [1.29, 1.82) is 0 Å². The number of allylic oxidation sites excluding steroid dienone is 2. The number of alkyl halides is 2. The van der Waals surface area contributed by atoms with Crippen LogP contribution in [0.15, 0.2) is 46.6 Å². The summed E-state index contributed by atoms with van der Waals surface area (Å²) in [6.45, 7) is 3.34. The zero-order valence-electron chi connectivity index (χ0n) is 11.5. The van der Waals surface area contributed by atoms with E-state index in [0.717, 1.165) is 0 Å². The van der Waals surface area contributed by atoms with Gasteiger partial charge in [0.05, 0.1) is 5.56 Å². The van der Waals surface area contributed by atoms with Gasteiger partial charge in [0.1, 0.15) is 16.5 Å². The first-order valence-corrected chi connectivity index (χ1v) is 7.15. The SMILES string of the molecule is CC1=C(C)C(=NOC(=O)c2ccccc2)C(Cl)C(Cl)C1=O. The lowest BCUT2D eigenvalue weighted by molar-refractivity contribution is -0.115. The van der Waals surface area contributed by atoms with Gasteiger partial charge >= 0.3 is 5.97 Å². The van der Waals surface area contributed by atoms with Gasteiger partial charge < -0.3 is 4.84 Å². The summed E-state index contributed by atoms with van der Waals surface area (Å²) in [7, 11) is 0. The first-order valence-electron chi connectivity index (χ1n) is 6.28. The fourth-order valence-corrected chi connectivity index (χ4v) is 2.50. The minimum Gasteiger partial charge on any atom is -0.312 e. The highest BCUT2D eigenvalue weighted by molar-refractivity contribution is 6.48. The molecule has 4 nitrogen and oxygen atoms in total. The van der Waals surface area contributed by atoms with Crippen LogP contribution < -0.4 is 0 Å². The summed E-state index contributed by atoms with van der Waals surface area (Å²) in [6, 6.07) is 8.46. The topological polar surface area (TPSA) is 55.7 Å². The average molecular weight is 326 g/mol. The molecule has 2 unspecified atom stereocenters. The maximum absolute atomic E-state index is 11.8. The molecule has 1 aliphatic carbocycles. The number of Topliss-reactive ketones (excluding diaryl/α,β-unsaturated/α-hetero) is 1. The number of benzene rings is 1. The largest absolute Gasteiger partial charge is 0.365 e. The first kappa shape index (κ1) is 15.7. The van der Waals surface area contributed by atoms with E-state index in [2.05, 4.69) is 5.16 Å². The van der Waals surface area contributed by atoms with Crippen LogP contribution in [0.5, 0.6) is 0 Å². The molecule has 0 saturated carbocycles. The Morgan fingerprint density at radius 3 is 2.33 bits per heavy atom. The van der Waals surface area contributed by atoms with E-state index in [1.807, 2.05) is 0 Å². The monoisotopic (exact) mass is 325 g/mol. The Labute approximate surface area is 132 Å². The molecular formula is C15H13Cl2NO3. The number of rotatable bonds is 2. The maximum atomic E-state index is 11.8. The third-order valence-corrected chi connectivity index (χ3v) is 4.36. The van der Waals surface area contributed by atoms with Gasteiger partial charge in [-0.25, -0.2) is 4.79 Å². The summed E-state index contributed by atoms with van der Waals surface area (Å²) in [4.78, 5) is 28.6. The van der Waals surface area contributed by atoms with Gasteiger partial charge in [-0.3, -0.25) is 4.79 Å². The molecule has 0 N–H and O–H groups in total. The second kappa shape index (κ2) is 6.41. The molecule has 0 amide bonds. The third kappa shape index (κ3) is 3.17. The third-order valence-electron chi connectivity index (χ3n) is 3.32. The lowest BCUT2D eigenvalue weighted by Crippen LogP contribution is -2.38. The van der Waals surface area contributed by atoms with E-state index in [0.29, 0.717) is 22.4 Å². The van der Waals surface area contributed by atoms with Crippen molar-refractivity contribution in [2.24, 2.45) is 5.16 Å². The maximum Gasteiger partial charge on any atom is 0.365 e. The lowest BCUT2D eigenvalue weighted by atomic mass is 9.90. The van der Waals surface area contributed by atoms with Crippen LogP contribution in [0.3, 0.4) is 0 Å². The van der Waals surface area contributed by atoms with Crippen molar-refractivity contribution in [1.82, 2.24) is 0 Å². The summed E-state index contributed by atoms with van der Waals surface area (Å²) in [6.07, 6.45) is 0. The van der Waals surface area contributed by atoms with Gasteiger partial charge in [-0.15, -0.1) is 23.2 Å². The van der Waals surface area contributed by atoms with Gasteiger partial charge in [0.2, 0.25) is 0 Å². The summed E-state index contributed by atoms with van der Waals surface area (Å²) < 4.78 is 0. The predicted octanol–water partition coefficient (Wildman–Crippen LogP) is 3.33. The standard InChI is InChI=1S/C15H13Cl2NO3/c1-8-9(2)14(19)12(17)11(16)13(8)18-21-15(20)10-6-4-3-5-7-10/h3-7,11-12H,1-2H3. The van der Waals surface area contributed by atoms with Crippen molar-refractivity contribution in [3.05, 3.63) is 47.0 Å². The van der Waals surface area contributed by atoms with E-state index in [4.69, 9.17) is 28.0 Å². The van der Waals surface area contributed by atoms with Crippen molar-refractivity contribution >= 4 is 40.7 Å². The van der Waals surface area contributed by atoms with Gasteiger partial charge in [0.25, 0.3) is 0 Å². The first-order chi connectivity index (χ1) is 9.93. The van der Waals surface area contributed by atoms with Crippen molar-refractivity contribution < 1.29 is 14.4 Å². The van der Waals surface area contributed by atoms with Crippen LogP contribution in [0.25, 0.3) is 0 Å². The highest BCUT2D eigenvalue weighted by Crippen LogP contribution is 2.27. The van der Waals surface area contributed by atoms with Crippen LogP contribution in [0.1, 0.15) is 24.2 Å². The fourth-order valence-electron chi connectivity index (χ4n) is 1.90. The van der Waals surface area contributed by atoms with Crippen molar-refractivity contribution in [2.45, 2.75) is 24.6 Å². The minimum atomic E-state index is -0.912. The Morgan fingerprint density at radius 1 is 1.10 bits per heavy atom. The Kier molecular flexibility index (Phi) is 4.80. The van der Waals surface area contributed by atoms with E-state index < -0.39 is 16.7 Å². The van der Waals surface area contributed by atoms with E-state index in [9.17, 15) is 9.59 Å². The van der Waals surface area contributed by atoms with Gasteiger partial charge in [-0.05, 0) is 37.1 Å². The number of hydrogen-bond acceptors (Lipinski definition) is 4. The number of ketones is 1. The number of halogens is 2. The van der Waals surface area contributed by atoms with Gasteiger partial charge in [0.15, 0.2) is 5.78 Å². The fraction of sp³-hybridized carbons (Fsp3) is 0.267. The Morgan fingerprint density at radius 2 is 1.71 bits per heavy atom. The van der Waals surface area contributed by atoms with Crippen molar-refractivity contribution in [2.75, 3.05) is 0 Å². The van der Waals surface area contributed by atoms with Crippen LogP contribution in [-0.4, -0.2) is 28.2 Å². The highest BCUT2D eigenvalue weighted by atomic mass is 35.5. The van der Waals surface area contributed by atoms with Gasteiger partial charge in [-0.2, -0.15) is 0 Å². The van der Waals surface area contributed by atoms with E-state index in [1.54, 1.807) is 44.2 Å². The number of nitrogens with zero attached hydrogens (tertiary/aromatic N) is 1. The zero-order chi connectivity index (χ0) is 15.6. The number of hydrogen-bond donors (Lipinski definition) is 0. The van der Waals surface area contributed by atoms with E-state index >= 15 is 0 Å². The summed E-state index contributed by atoms with van der Waals surface area (Å²) >= 11 is 12.1. The van der Waals surface area contributed by atoms with Crippen molar-refractivity contribution in [3.8, 4) is 0 Å². The van der Waals surface area contributed by atoms with E-state index in [-0.39, 0.29) is 5.78 Å². The Balaban J connectivity index is 2.24. The minimum absolute atomic E-state index is 0.234. The van der Waals surface area contributed by atoms with Gasteiger partial charge in [-0.1, -0.05) is 23.4 Å². The van der Waals surface area contributed by atoms with Crippen LogP contribution in [-0.2, 0) is 9.63 Å². The zero-order valence-corrected chi connectivity index (χ0v) is 13.0. The normalized spacial score (nSPS) is 24.4. The van der Waals surface area contributed by atoms with Crippen molar-refractivity contribution in [3.63, 3.8) is 0 Å². The molecule has 1 aromatic carbocycles. The highest BCUT2D eigenvalue weighted by Gasteiger charge is 2.37. The van der Waals surface area contributed by atoms with Crippen LogP contribution in [0.4, 0.5) is 0 Å². The molecule has 0 aliphatic heterocycles. The molecule has 0 heterocycles. The molecule has 0 fully saturated rings. The molecule has 0 bridgehead atoms. The predicted molar refractivity (Wildman–Crippen MR) is 82.0 cm³/mol. The summed E-state index contributed by atoms with van der Waals surface area (Å²) in [5.74, 6) is -0.831. The van der Waals surface area contributed by atoms with Gasteiger partial charge in [0, 0.05) is 0 Å². The molecule has 110 valence electrons. The molecule has 2 atom stereocenters. The molecule has 0 saturated heterocycles. The molecule has 0 aromatic heterocycles. The lowest BCUT2D eigenvalue weighted by Gasteiger charge is -2.24. The number of oxime groups is 1. The average Bonchev–Trinajstić information content (AvgIpc) is 2.51. The molecule has 1 aliphatic rings. The van der Waals surface area contributed by atoms with Crippen LogP contribution in [0.2, 0.25) is 0 Å². The summed E-state index contributed by atoms with van der Waals surface area (Å²) in [5, 5.41) is 2.06. The Hall–Kier alpha value is -1.65.